The number of hydrogen-bond acceptors (Lipinski definition) is 7. The Morgan fingerprint density at radius 1 is 1.11 bits per heavy atom. The van der Waals surface area contributed by atoms with E-state index in [2.05, 4.69) is 15.3 Å². The molecule has 1 aromatic heterocycles. The Morgan fingerprint density at radius 2 is 1.86 bits per heavy atom. The van der Waals surface area contributed by atoms with Crippen LogP contribution in [0.3, 0.4) is 0 Å². The molecule has 0 aliphatic carbocycles. The first-order valence-electron chi connectivity index (χ1n) is 8.87. The Labute approximate surface area is 163 Å². The molecule has 3 rings (SSSR count). The standard InChI is InChI=1S/C19H23N5O4/c1-13-20-16(11-18(21-13)24-8-6-23(12-25)7-9-24)19(26)22-15-10-14(27-2)4-5-17(15)28-3/h4-5,10-12H,6-9H2,1-3H3,(H,22,26). The van der Waals surface area contributed by atoms with E-state index in [1.54, 1.807) is 43.2 Å². The van der Waals surface area contributed by atoms with Gasteiger partial charge in [0.25, 0.3) is 5.91 Å². The molecule has 9 nitrogen and oxygen atoms in total. The number of aryl methyl sites for hydroxylation is 1. The van der Waals surface area contributed by atoms with Crippen LogP contribution in [0.4, 0.5) is 11.5 Å². The van der Waals surface area contributed by atoms with Gasteiger partial charge in [0.05, 0.1) is 19.9 Å². The third-order valence-electron chi connectivity index (χ3n) is 4.50. The van der Waals surface area contributed by atoms with Crippen LogP contribution in [0.5, 0.6) is 11.5 Å². The minimum Gasteiger partial charge on any atom is -0.497 e. The van der Waals surface area contributed by atoms with E-state index < -0.39 is 0 Å². The van der Waals surface area contributed by atoms with Crippen molar-refractivity contribution < 1.29 is 19.1 Å². The highest BCUT2D eigenvalue weighted by Crippen LogP contribution is 2.29. The Balaban J connectivity index is 1.81. The molecular formula is C19H23N5O4. The number of carbonyl (C=O) groups excluding carboxylic acids is 2. The summed E-state index contributed by atoms with van der Waals surface area (Å²) in [6.45, 7) is 4.29. The number of anilines is 2. The summed E-state index contributed by atoms with van der Waals surface area (Å²) in [4.78, 5) is 36.1. The van der Waals surface area contributed by atoms with Gasteiger partial charge in [0.15, 0.2) is 0 Å². The summed E-state index contributed by atoms with van der Waals surface area (Å²) in [6.07, 6.45) is 0.850. The number of benzene rings is 1. The number of carbonyl (C=O) groups is 2. The molecule has 2 aromatic rings. The van der Waals surface area contributed by atoms with Crippen molar-refractivity contribution in [2.75, 3.05) is 50.6 Å². The maximum atomic E-state index is 12.8. The zero-order valence-electron chi connectivity index (χ0n) is 16.1. The van der Waals surface area contributed by atoms with Crippen molar-refractivity contribution >= 4 is 23.8 Å². The molecule has 1 saturated heterocycles. The van der Waals surface area contributed by atoms with E-state index in [4.69, 9.17) is 9.47 Å². The molecule has 2 heterocycles. The van der Waals surface area contributed by atoms with Gasteiger partial charge in [-0.15, -0.1) is 0 Å². The van der Waals surface area contributed by atoms with E-state index in [-0.39, 0.29) is 11.6 Å². The number of ether oxygens (including phenoxy) is 2. The smallest absolute Gasteiger partial charge is 0.274 e. The SMILES string of the molecule is COc1ccc(OC)c(NC(=O)c2cc(N3CCN(C=O)CC3)nc(C)n2)c1. The molecule has 28 heavy (non-hydrogen) atoms. The monoisotopic (exact) mass is 385 g/mol. The molecule has 1 aliphatic rings. The van der Waals surface area contributed by atoms with Crippen LogP contribution >= 0.6 is 0 Å². The molecule has 0 bridgehead atoms. The Kier molecular flexibility index (Phi) is 5.93. The lowest BCUT2D eigenvalue weighted by molar-refractivity contribution is -0.118. The summed E-state index contributed by atoms with van der Waals surface area (Å²) < 4.78 is 10.5. The van der Waals surface area contributed by atoms with Crippen molar-refractivity contribution in [2.45, 2.75) is 6.92 Å². The van der Waals surface area contributed by atoms with Gasteiger partial charge in [-0.3, -0.25) is 9.59 Å². The van der Waals surface area contributed by atoms with Gasteiger partial charge in [0.2, 0.25) is 6.41 Å². The lowest BCUT2D eigenvalue weighted by Gasteiger charge is -2.33. The van der Waals surface area contributed by atoms with Gasteiger partial charge in [0, 0.05) is 38.3 Å². The topological polar surface area (TPSA) is 96.9 Å². The highest BCUT2D eigenvalue weighted by molar-refractivity contribution is 6.04. The molecule has 1 N–H and O–H groups in total. The third-order valence-corrected chi connectivity index (χ3v) is 4.50. The molecule has 0 radical (unpaired) electrons. The van der Waals surface area contributed by atoms with Crippen LogP contribution in [-0.2, 0) is 4.79 Å². The van der Waals surface area contributed by atoms with Crippen molar-refractivity contribution in [2.24, 2.45) is 0 Å². The van der Waals surface area contributed by atoms with Crippen LogP contribution in [0.25, 0.3) is 0 Å². The van der Waals surface area contributed by atoms with Crippen molar-refractivity contribution in [3.05, 3.63) is 35.8 Å². The molecule has 2 amide bonds. The highest BCUT2D eigenvalue weighted by atomic mass is 16.5. The molecule has 1 aliphatic heterocycles. The van der Waals surface area contributed by atoms with E-state index in [0.717, 1.165) is 6.41 Å². The summed E-state index contributed by atoms with van der Waals surface area (Å²) in [5.74, 6) is 1.91. The molecule has 9 heteroatoms. The fourth-order valence-electron chi connectivity index (χ4n) is 2.98. The largest absolute Gasteiger partial charge is 0.497 e. The highest BCUT2D eigenvalue weighted by Gasteiger charge is 2.20. The predicted octanol–water partition coefficient (Wildman–Crippen LogP) is 1.33. The average molecular weight is 385 g/mol. The maximum Gasteiger partial charge on any atom is 0.274 e. The fraction of sp³-hybridized carbons (Fsp3) is 0.368. The first kappa shape index (κ1) is 19.4. The summed E-state index contributed by atoms with van der Waals surface area (Å²) in [5, 5.41) is 2.82. The van der Waals surface area contributed by atoms with E-state index >= 15 is 0 Å². The van der Waals surface area contributed by atoms with Crippen LogP contribution in [0.1, 0.15) is 16.3 Å². The Morgan fingerprint density at radius 3 is 2.50 bits per heavy atom. The van der Waals surface area contributed by atoms with Gasteiger partial charge in [0.1, 0.15) is 28.8 Å². The van der Waals surface area contributed by atoms with E-state index in [0.29, 0.717) is 55.0 Å². The summed E-state index contributed by atoms with van der Waals surface area (Å²) in [5.41, 5.74) is 0.745. The number of aromatic nitrogens is 2. The summed E-state index contributed by atoms with van der Waals surface area (Å²) >= 11 is 0. The number of rotatable bonds is 6. The molecule has 0 unspecified atom stereocenters. The second kappa shape index (κ2) is 8.55. The van der Waals surface area contributed by atoms with Crippen molar-refractivity contribution in [3.63, 3.8) is 0 Å². The van der Waals surface area contributed by atoms with Gasteiger partial charge in [-0.05, 0) is 19.1 Å². The molecule has 148 valence electrons. The first-order valence-corrected chi connectivity index (χ1v) is 8.87. The van der Waals surface area contributed by atoms with Crippen LogP contribution in [0.15, 0.2) is 24.3 Å². The normalized spacial score (nSPS) is 13.8. The van der Waals surface area contributed by atoms with Gasteiger partial charge in [-0.1, -0.05) is 0 Å². The lowest BCUT2D eigenvalue weighted by Crippen LogP contribution is -2.46. The van der Waals surface area contributed by atoms with Gasteiger partial charge < -0.3 is 24.6 Å². The molecule has 1 fully saturated rings. The minimum atomic E-state index is -0.371. The number of nitrogens with zero attached hydrogens (tertiary/aromatic N) is 4. The van der Waals surface area contributed by atoms with Crippen molar-refractivity contribution in [3.8, 4) is 11.5 Å². The number of nitrogens with one attached hydrogen (secondary N) is 1. The Bertz CT molecular complexity index is 865. The predicted molar refractivity (Wildman–Crippen MR) is 104 cm³/mol. The molecule has 1 aromatic carbocycles. The zero-order valence-corrected chi connectivity index (χ0v) is 16.1. The second-order valence-electron chi connectivity index (χ2n) is 6.31. The second-order valence-corrected chi connectivity index (χ2v) is 6.31. The number of amides is 2. The minimum absolute atomic E-state index is 0.255. The molecular weight excluding hydrogens is 362 g/mol. The quantitative estimate of drug-likeness (QED) is 0.750. The number of hydrogen-bond donors (Lipinski definition) is 1. The van der Waals surface area contributed by atoms with E-state index in [1.165, 1.54) is 7.11 Å². The van der Waals surface area contributed by atoms with Crippen LogP contribution in [0.2, 0.25) is 0 Å². The van der Waals surface area contributed by atoms with Gasteiger partial charge in [-0.25, -0.2) is 9.97 Å². The molecule has 0 spiro atoms. The fourth-order valence-corrected chi connectivity index (χ4v) is 2.98. The summed E-state index contributed by atoms with van der Waals surface area (Å²) in [6, 6.07) is 6.81. The number of methoxy groups -OCH3 is 2. The molecule has 0 atom stereocenters. The maximum absolute atomic E-state index is 12.8. The van der Waals surface area contributed by atoms with E-state index in [1.807, 2.05) is 4.90 Å². The Hall–Kier alpha value is -3.36. The van der Waals surface area contributed by atoms with Crippen LogP contribution in [0, 0.1) is 6.92 Å². The van der Waals surface area contributed by atoms with Crippen molar-refractivity contribution in [1.82, 2.24) is 14.9 Å². The lowest BCUT2D eigenvalue weighted by atomic mass is 10.2. The summed E-state index contributed by atoms with van der Waals surface area (Å²) in [7, 11) is 3.08. The van der Waals surface area contributed by atoms with Crippen molar-refractivity contribution in [1.29, 1.82) is 0 Å². The average Bonchev–Trinajstić information content (AvgIpc) is 2.73. The third kappa shape index (κ3) is 4.30. The van der Waals surface area contributed by atoms with Gasteiger partial charge >= 0.3 is 0 Å². The van der Waals surface area contributed by atoms with Gasteiger partial charge in [-0.2, -0.15) is 0 Å². The molecule has 0 saturated carbocycles. The zero-order chi connectivity index (χ0) is 20.1. The first-order chi connectivity index (χ1) is 13.5. The van der Waals surface area contributed by atoms with E-state index in [9.17, 15) is 9.59 Å². The van der Waals surface area contributed by atoms with Crippen LogP contribution < -0.4 is 19.7 Å². The number of piperazine rings is 1. The van der Waals surface area contributed by atoms with Crippen LogP contribution in [-0.4, -0.2) is 67.6 Å².